The van der Waals surface area contributed by atoms with Crippen molar-refractivity contribution in [1.82, 2.24) is 9.88 Å². The molecule has 0 saturated carbocycles. The van der Waals surface area contributed by atoms with Gasteiger partial charge in [-0.05, 0) is 42.6 Å². The van der Waals surface area contributed by atoms with Crippen LogP contribution in [-0.4, -0.2) is 16.4 Å². The van der Waals surface area contributed by atoms with E-state index in [0.29, 0.717) is 6.42 Å². The lowest BCUT2D eigenvalue weighted by atomic mass is 10.1. The zero-order valence-electron chi connectivity index (χ0n) is 14.1. The van der Waals surface area contributed by atoms with E-state index in [1.165, 1.54) is 11.6 Å². The van der Waals surface area contributed by atoms with E-state index in [0.717, 1.165) is 43.1 Å². The number of halogens is 1. The van der Waals surface area contributed by atoms with Gasteiger partial charge in [-0.2, -0.15) is 0 Å². The molecule has 0 spiro atoms. The first-order valence-electron chi connectivity index (χ1n) is 8.75. The Bertz CT molecular complexity index is 831. The lowest BCUT2D eigenvalue weighted by Gasteiger charge is -2.21. The van der Waals surface area contributed by atoms with Crippen LogP contribution < -0.4 is 0 Å². The van der Waals surface area contributed by atoms with E-state index in [1.807, 2.05) is 12.1 Å². The molecular formula is C21H21FN2O. The molecule has 4 rings (SSSR count). The fourth-order valence-electron chi connectivity index (χ4n) is 3.52. The second kappa shape index (κ2) is 7.19. The maximum absolute atomic E-state index is 13.3. The van der Waals surface area contributed by atoms with Gasteiger partial charge < -0.3 is 4.42 Å². The Morgan fingerprint density at radius 1 is 1.08 bits per heavy atom. The Morgan fingerprint density at radius 3 is 2.76 bits per heavy atom. The van der Waals surface area contributed by atoms with Crippen LogP contribution in [0.15, 0.2) is 65.2 Å². The van der Waals surface area contributed by atoms with Crippen LogP contribution in [0.5, 0.6) is 0 Å². The lowest BCUT2D eigenvalue weighted by molar-refractivity contribution is 0.212. The van der Waals surface area contributed by atoms with Gasteiger partial charge in [0.15, 0.2) is 0 Å². The number of rotatable bonds is 5. The van der Waals surface area contributed by atoms with Crippen LogP contribution in [0.4, 0.5) is 4.39 Å². The molecule has 0 aliphatic carbocycles. The summed E-state index contributed by atoms with van der Waals surface area (Å²) in [6.07, 6.45) is 4.56. The van der Waals surface area contributed by atoms with Crippen LogP contribution in [0.2, 0.25) is 0 Å². The molecule has 1 aromatic heterocycles. The predicted octanol–water partition coefficient (Wildman–Crippen LogP) is 4.74. The standard InChI is InChI=1S/C21H21FN2O/c22-18-9-4-8-17(12-18)13-19-14-23-21(25-19)20-10-5-11-24(20)15-16-6-2-1-3-7-16/h1-4,6-9,12,14,20H,5,10-11,13,15H2/t20-/m0/s1. The van der Waals surface area contributed by atoms with E-state index in [1.54, 1.807) is 18.3 Å². The Kier molecular flexibility index (Phi) is 4.61. The summed E-state index contributed by atoms with van der Waals surface area (Å²) >= 11 is 0. The van der Waals surface area contributed by atoms with E-state index in [-0.39, 0.29) is 11.9 Å². The van der Waals surface area contributed by atoms with E-state index in [2.05, 4.69) is 34.1 Å². The Balaban J connectivity index is 1.47. The summed E-state index contributed by atoms with van der Waals surface area (Å²) in [5, 5.41) is 0. The fourth-order valence-corrected chi connectivity index (χ4v) is 3.52. The first kappa shape index (κ1) is 16.0. The van der Waals surface area contributed by atoms with Gasteiger partial charge in [0.05, 0.1) is 12.2 Å². The van der Waals surface area contributed by atoms with Crippen LogP contribution in [0, 0.1) is 5.82 Å². The number of hydrogen-bond acceptors (Lipinski definition) is 3. The molecule has 2 aromatic carbocycles. The highest BCUT2D eigenvalue weighted by Gasteiger charge is 2.29. The van der Waals surface area contributed by atoms with Gasteiger partial charge in [-0.3, -0.25) is 4.90 Å². The quantitative estimate of drug-likeness (QED) is 0.674. The highest BCUT2D eigenvalue weighted by molar-refractivity contribution is 5.21. The zero-order valence-corrected chi connectivity index (χ0v) is 14.1. The molecule has 0 amide bonds. The largest absolute Gasteiger partial charge is 0.444 e. The molecule has 1 atom stereocenters. The smallest absolute Gasteiger partial charge is 0.211 e. The van der Waals surface area contributed by atoms with E-state index in [4.69, 9.17) is 4.42 Å². The molecule has 1 saturated heterocycles. The van der Waals surface area contributed by atoms with Gasteiger partial charge in [0, 0.05) is 13.0 Å². The molecule has 0 bridgehead atoms. The highest BCUT2D eigenvalue weighted by Crippen LogP contribution is 2.33. The topological polar surface area (TPSA) is 29.3 Å². The maximum Gasteiger partial charge on any atom is 0.211 e. The number of nitrogens with zero attached hydrogens (tertiary/aromatic N) is 2. The molecule has 25 heavy (non-hydrogen) atoms. The summed E-state index contributed by atoms with van der Waals surface area (Å²) in [6, 6.07) is 17.3. The molecule has 1 fully saturated rings. The first-order chi connectivity index (χ1) is 12.3. The fraction of sp³-hybridized carbons (Fsp3) is 0.286. The summed E-state index contributed by atoms with van der Waals surface area (Å²) in [6.45, 7) is 1.97. The Morgan fingerprint density at radius 2 is 1.92 bits per heavy atom. The minimum atomic E-state index is -0.220. The van der Waals surface area contributed by atoms with Crippen LogP contribution in [0.1, 0.15) is 41.7 Å². The first-order valence-corrected chi connectivity index (χ1v) is 8.75. The van der Waals surface area contributed by atoms with Crippen molar-refractivity contribution in [2.75, 3.05) is 6.54 Å². The lowest BCUT2D eigenvalue weighted by Crippen LogP contribution is -2.22. The summed E-state index contributed by atoms with van der Waals surface area (Å²) in [7, 11) is 0. The Labute approximate surface area is 147 Å². The third-order valence-corrected chi connectivity index (χ3v) is 4.72. The molecule has 0 N–H and O–H groups in total. The van der Waals surface area contributed by atoms with E-state index >= 15 is 0 Å². The summed E-state index contributed by atoms with van der Waals surface area (Å²) < 4.78 is 19.3. The molecule has 2 heterocycles. The number of oxazole rings is 1. The second-order valence-electron chi connectivity index (χ2n) is 6.59. The van der Waals surface area contributed by atoms with Crippen LogP contribution >= 0.6 is 0 Å². The third kappa shape index (κ3) is 3.80. The van der Waals surface area contributed by atoms with Crippen molar-refractivity contribution in [3.8, 4) is 0 Å². The molecule has 4 heteroatoms. The second-order valence-corrected chi connectivity index (χ2v) is 6.59. The van der Waals surface area contributed by atoms with Crippen molar-refractivity contribution < 1.29 is 8.81 Å². The van der Waals surface area contributed by atoms with Gasteiger partial charge in [0.25, 0.3) is 0 Å². The molecule has 3 aromatic rings. The van der Waals surface area contributed by atoms with Gasteiger partial charge in [0.2, 0.25) is 5.89 Å². The van der Waals surface area contributed by atoms with Gasteiger partial charge in [0.1, 0.15) is 11.6 Å². The van der Waals surface area contributed by atoms with Crippen molar-refractivity contribution in [2.24, 2.45) is 0 Å². The number of likely N-dealkylation sites (tertiary alicyclic amines) is 1. The van der Waals surface area contributed by atoms with Gasteiger partial charge >= 0.3 is 0 Å². The Hall–Kier alpha value is -2.46. The maximum atomic E-state index is 13.3. The van der Waals surface area contributed by atoms with Crippen LogP contribution in [0.25, 0.3) is 0 Å². The van der Waals surface area contributed by atoms with Crippen molar-refractivity contribution in [2.45, 2.75) is 31.8 Å². The molecule has 0 unspecified atom stereocenters. The molecule has 1 aliphatic heterocycles. The van der Waals surface area contributed by atoms with Crippen molar-refractivity contribution in [3.63, 3.8) is 0 Å². The minimum Gasteiger partial charge on any atom is -0.444 e. The highest BCUT2D eigenvalue weighted by atomic mass is 19.1. The van der Waals surface area contributed by atoms with E-state index < -0.39 is 0 Å². The molecule has 0 radical (unpaired) electrons. The van der Waals surface area contributed by atoms with E-state index in [9.17, 15) is 4.39 Å². The predicted molar refractivity (Wildman–Crippen MR) is 94.5 cm³/mol. The monoisotopic (exact) mass is 336 g/mol. The SMILES string of the molecule is Fc1cccc(Cc2cnc([C@@H]3CCCN3Cc3ccccc3)o2)c1. The molecule has 128 valence electrons. The molecule has 3 nitrogen and oxygen atoms in total. The van der Waals surface area contributed by atoms with Gasteiger partial charge in [-0.1, -0.05) is 42.5 Å². The summed E-state index contributed by atoms with van der Waals surface area (Å²) in [5.41, 5.74) is 2.20. The summed E-state index contributed by atoms with van der Waals surface area (Å²) in [5.74, 6) is 1.34. The zero-order chi connectivity index (χ0) is 17.1. The van der Waals surface area contributed by atoms with Gasteiger partial charge in [-0.15, -0.1) is 0 Å². The molecular weight excluding hydrogens is 315 g/mol. The number of hydrogen-bond donors (Lipinski definition) is 0. The number of aromatic nitrogens is 1. The summed E-state index contributed by atoms with van der Waals surface area (Å²) in [4.78, 5) is 6.93. The average molecular weight is 336 g/mol. The molecule has 1 aliphatic rings. The van der Waals surface area contributed by atoms with Crippen molar-refractivity contribution in [3.05, 3.63) is 89.4 Å². The van der Waals surface area contributed by atoms with Crippen LogP contribution in [0.3, 0.4) is 0 Å². The minimum absolute atomic E-state index is 0.220. The van der Waals surface area contributed by atoms with Crippen molar-refractivity contribution in [1.29, 1.82) is 0 Å². The van der Waals surface area contributed by atoms with Gasteiger partial charge in [-0.25, -0.2) is 9.37 Å². The van der Waals surface area contributed by atoms with Crippen molar-refractivity contribution >= 4 is 0 Å². The normalized spacial score (nSPS) is 17.9. The number of benzene rings is 2. The van der Waals surface area contributed by atoms with Crippen LogP contribution in [-0.2, 0) is 13.0 Å². The third-order valence-electron chi connectivity index (χ3n) is 4.72. The average Bonchev–Trinajstić information content (AvgIpc) is 3.25.